The van der Waals surface area contributed by atoms with E-state index in [-0.39, 0.29) is 6.61 Å². The molecule has 4 nitrogen and oxygen atoms in total. The summed E-state index contributed by atoms with van der Waals surface area (Å²) in [5.74, 6) is 0. The van der Waals surface area contributed by atoms with Gasteiger partial charge in [0.1, 0.15) is 0 Å². The van der Waals surface area contributed by atoms with E-state index in [9.17, 15) is 9.79 Å². The normalized spacial score (nSPS) is 13.6. The standard InChI is InChI=1S/C11H17Cl2O4PS/c1-3-7-17-19(18(14,15)16-4-2)11-6-5-9(12)8-10(11)13/h5-6,8,14-15H,3-4,7H2,1-2H3. The van der Waals surface area contributed by atoms with Gasteiger partial charge in [-0.05, 0) is 31.5 Å². The van der Waals surface area contributed by atoms with Crippen molar-refractivity contribution in [2.24, 2.45) is 0 Å². The lowest BCUT2D eigenvalue weighted by Crippen LogP contribution is -2.05. The molecule has 0 spiro atoms. The lowest BCUT2D eigenvalue weighted by Gasteiger charge is -2.20. The first-order valence-corrected chi connectivity index (χ1v) is 9.87. The number of hydrogen-bond donors (Lipinski definition) is 2. The topological polar surface area (TPSA) is 58.9 Å². The SMILES string of the molecule is CCCOS(c1ccc(Cl)cc1Cl)=P(O)(O)OCC. The molecule has 110 valence electrons. The Morgan fingerprint density at radius 1 is 1.26 bits per heavy atom. The maximum absolute atomic E-state index is 10.1. The molecule has 0 bridgehead atoms. The molecular formula is C11H17Cl2O4PS. The zero-order valence-electron chi connectivity index (χ0n) is 10.7. The molecule has 0 heterocycles. The molecule has 0 aliphatic heterocycles. The lowest BCUT2D eigenvalue weighted by atomic mass is 10.4. The van der Waals surface area contributed by atoms with Crippen molar-refractivity contribution in [3.63, 3.8) is 0 Å². The molecule has 0 aromatic heterocycles. The van der Waals surface area contributed by atoms with Crippen molar-refractivity contribution in [1.82, 2.24) is 0 Å². The lowest BCUT2D eigenvalue weighted by molar-refractivity contribution is 0.261. The van der Waals surface area contributed by atoms with Crippen LogP contribution in [0.3, 0.4) is 0 Å². The molecule has 0 aliphatic rings. The summed E-state index contributed by atoms with van der Waals surface area (Å²) in [5.41, 5.74) is 0. The zero-order valence-corrected chi connectivity index (χ0v) is 13.9. The zero-order chi connectivity index (χ0) is 14.5. The molecule has 1 aromatic rings. The summed E-state index contributed by atoms with van der Waals surface area (Å²) in [6.45, 7) is 0.522. The summed E-state index contributed by atoms with van der Waals surface area (Å²) in [4.78, 5) is 20.7. The van der Waals surface area contributed by atoms with Gasteiger partial charge in [0, 0.05) is 15.4 Å². The molecule has 1 unspecified atom stereocenters. The minimum Gasteiger partial charge on any atom is -0.327 e. The monoisotopic (exact) mass is 346 g/mol. The Labute approximate surface area is 125 Å². The first-order valence-electron chi connectivity index (χ1n) is 5.74. The van der Waals surface area contributed by atoms with Crippen LogP contribution in [-0.2, 0) is 19.1 Å². The van der Waals surface area contributed by atoms with Crippen molar-refractivity contribution in [1.29, 1.82) is 0 Å². The molecule has 0 saturated heterocycles. The van der Waals surface area contributed by atoms with Crippen LogP contribution in [0.5, 0.6) is 0 Å². The van der Waals surface area contributed by atoms with Crippen LogP contribution in [-0.4, -0.2) is 23.0 Å². The van der Waals surface area contributed by atoms with Crippen LogP contribution in [0.2, 0.25) is 10.0 Å². The van der Waals surface area contributed by atoms with Gasteiger partial charge in [-0.25, -0.2) is 0 Å². The van der Waals surface area contributed by atoms with E-state index >= 15 is 0 Å². The Balaban J connectivity index is 3.31. The van der Waals surface area contributed by atoms with Gasteiger partial charge in [-0.15, -0.1) is 0 Å². The third-order valence-electron chi connectivity index (χ3n) is 1.99. The van der Waals surface area contributed by atoms with E-state index in [1.807, 2.05) is 6.92 Å². The van der Waals surface area contributed by atoms with Crippen molar-refractivity contribution in [2.75, 3.05) is 13.2 Å². The van der Waals surface area contributed by atoms with E-state index in [0.717, 1.165) is 6.42 Å². The Morgan fingerprint density at radius 2 is 1.95 bits per heavy atom. The third-order valence-corrected chi connectivity index (χ3v) is 7.32. The fourth-order valence-electron chi connectivity index (χ4n) is 1.26. The molecule has 1 atom stereocenters. The molecule has 0 radical (unpaired) electrons. The molecule has 8 heteroatoms. The van der Waals surface area contributed by atoms with Gasteiger partial charge in [0.05, 0.1) is 23.1 Å². The second-order valence-electron chi connectivity index (χ2n) is 3.55. The highest BCUT2D eigenvalue weighted by molar-refractivity contribution is 8.25. The highest BCUT2D eigenvalue weighted by atomic mass is 35.5. The van der Waals surface area contributed by atoms with E-state index in [0.29, 0.717) is 21.5 Å². The first kappa shape index (κ1) is 17.5. The minimum absolute atomic E-state index is 0.185. The van der Waals surface area contributed by atoms with Crippen LogP contribution in [0.1, 0.15) is 20.3 Å². The Bertz CT molecular complexity index is 490. The van der Waals surface area contributed by atoms with Crippen molar-refractivity contribution in [3.8, 4) is 0 Å². The van der Waals surface area contributed by atoms with Gasteiger partial charge in [-0.3, -0.25) is 0 Å². The fraction of sp³-hybridized carbons (Fsp3) is 0.455. The van der Waals surface area contributed by atoms with Crippen LogP contribution in [0, 0.1) is 0 Å². The molecule has 2 N–H and O–H groups in total. The largest absolute Gasteiger partial charge is 0.327 e. The Morgan fingerprint density at radius 3 is 2.47 bits per heavy atom. The number of halogens is 2. The number of hydrogen-bond acceptors (Lipinski definition) is 2. The van der Waals surface area contributed by atoms with Crippen molar-refractivity contribution < 1.29 is 18.5 Å². The predicted molar refractivity (Wildman–Crippen MR) is 81.3 cm³/mol. The van der Waals surface area contributed by atoms with Crippen LogP contribution < -0.4 is 0 Å². The van der Waals surface area contributed by atoms with Gasteiger partial charge in [0.15, 0.2) is 0 Å². The van der Waals surface area contributed by atoms with Crippen molar-refractivity contribution in [2.45, 2.75) is 25.2 Å². The van der Waals surface area contributed by atoms with Crippen molar-refractivity contribution in [3.05, 3.63) is 28.2 Å². The molecule has 1 aromatic carbocycles. The second kappa shape index (κ2) is 8.01. The van der Waals surface area contributed by atoms with Crippen LogP contribution in [0.4, 0.5) is 0 Å². The first-order chi connectivity index (χ1) is 8.92. The Hall–Kier alpha value is 0.420. The van der Waals surface area contributed by atoms with E-state index in [2.05, 4.69) is 0 Å². The smallest absolute Gasteiger partial charge is 0.309 e. The molecule has 19 heavy (non-hydrogen) atoms. The third kappa shape index (κ3) is 5.03. The fourth-order valence-corrected chi connectivity index (χ4v) is 6.21. The summed E-state index contributed by atoms with van der Waals surface area (Å²) in [5, 5.41) is 0.808. The average Bonchev–Trinajstić information content (AvgIpc) is 2.31. The van der Waals surface area contributed by atoms with Gasteiger partial charge in [-0.2, -0.15) is 0 Å². The molecule has 0 amide bonds. The van der Waals surface area contributed by atoms with E-state index in [1.165, 1.54) is 0 Å². The number of rotatable bonds is 6. The highest BCUT2D eigenvalue weighted by Gasteiger charge is 2.22. The quantitative estimate of drug-likeness (QED) is 0.764. The van der Waals surface area contributed by atoms with E-state index in [4.69, 9.17) is 31.9 Å². The van der Waals surface area contributed by atoms with Gasteiger partial charge < -0.3 is 18.5 Å². The molecule has 0 saturated carbocycles. The molecule has 0 fully saturated rings. The summed E-state index contributed by atoms with van der Waals surface area (Å²) in [6.07, 6.45) is 0.751. The summed E-state index contributed by atoms with van der Waals surface area (Å²) in [6, 6.07) is 4.80. The highest BCUT2D eigenvalue weighted by Crippen LogP contribution is 2.47. The van der Waals surface area contributed by atoms with Gasteiger partial charge in [0.25, 0.3) is 0 Å². The number of benzene rings is 1. The van der Waals surface area contributed by atoms with Crippen molar-refractivity contribution >= 4 is 40.3 Å². The van der Waals surface area contributed by atoms with E-state index < -0.39 is 17.1 Å². The maximum atomic E-state index is 10.1. The van der Waals surface area contributed by atoms with Gasteiger partial charge >= 0.3 is 6.72 Å². The summed E-state index contributed by atoms with van der Waals surface area (Å²) in [7, 11) is -1.31. The second-order valence-corrected chi connectivity index (χ2v) is 9.23. The van der Waals surface area contributed by atoms with Crippen LogP contribution in [0.15, 0.2) is 23.1 Å². The molecule has 1 rings (SSSR count). The average molecular weight is 347 g/mol. The summed E-state index contributed by atoms with van der Waals surface area (Å²) < 4.78 is 10.6. The van der Waals surface area contributed by atoms with Crippen LogP contribution in [0.25, 0.3) is 0 Å². The summed E-state index contributed by atoms with van der Waals surface area (Å²) >= 11 is 11.9. The van der Waals surface area contributed by atoms with Crippen LogP contribution >= 0.6 is 29.9 Å². The van der Waals surface area contributed by atoms with E-state index in [1.54, 1.807) is 25.1 Å². The van der Waals surface area contributed by atoms with Gasteiger partial charge in [-0.1, -0.05) is 30.1 Å². The molecule has 0 aliphatic carbocycles. The predicted octanol–water partition coefficient (Wildman–Crippen LogP) is 4.01. The maximum Gasteiger partial charge on any atom is 0.309 e. The van der Waals surface area contributed by atoms with Gasteiger partial charge in [0.2, 0.25) is 0 Å². The molecular weight excluding hydrogens is 330 g/mol. The minimum atomic E-state index is -3.67. The Kier molecular flexibility index (Phi) is 7.36.